The van der Waals surface area contributed by atoms with Crippen LogP contribution in [0, 0.1) is 12.8 Å². The van der Waals surface area contributed by atoms with E-state index in [0.29, 0.717) is 22.3 Å². The number of anilines is 1. The van der Waals surface area contributed by atoms with Crippen molar-refractivity contribution in [3.05, 3.63) is 58.8 Å². The second-order valence-electron chi connectivity index (χ2n) is 7.57. The molecule has 6 nitrogen and oxygen atoms in total. The Labute approximate surface area is 177 Å². The molecular weight excluding hydrogens is 400 g/mol. The highest BCUT2D eigenvalue weighted by atomic mass is 32.1. The zero-order valence-electron chi connectivity index (χ0n) is 17.0. The number of hydrogen-bond donors (Lipinski definition) is 1. The molecular formula is C23H22N2O4S. The lowest BCUT2D eigenvalue weighted by Gasteiger charge is -2.05. The third-order valence-electron chi connectivity index (χ3n) is 4.67. The van der Waals surface area contributed by atoms with Gasteiger partial charge < -0.3 is 14.5 Å². The Kier molecular flexibility index (Phi) is 5.55. The summed E-state index contributed by atoms with van der Waals surface area (Å²) in [7, 11) is 0. The van der Waals surface area contributed by atoms with Crippen LogP contribution in [0.5, 0.6) is 0 Å². The predicted molar refractivity (Wildman–Crippen MR) is 118 cm³/mol. The van der Waals surface area contributed by atoms with Crippen LogP contribution in [0.4, 0.5) is 5.13 Å². The standard InChI is InChI=1S/C23H22N2O4S/c1-13(2)11-29-22(27)21-14(3)24-23(30-21)25-19(26)10-16-12-28-18-9-8-15-6-4-5-7-17(15)20(16)18/h4-9,12-13H,10-11H2,1-3H3,(H,24,25,26). The summed E-state index contributed by atoms with van der Waals surface area (Å²) < 4.78 is 10.9. The van der Waals surface area contributed by atoms with E-state index in [1.165, 1.54) is 0 Å². The van der Waals surface area contributed by atoms with Gasteiger partial charge in [-0.25, -0.2) is 9.78 Å². The number of aromatic nitrogens is 1. The molecule has 0 saturated carbocycles. The van der Waals surface area contributed by atoms with Crippen molar-refractivity contribution in [3.63, 3.8) is 0 Å². The topological polar surface area (TPSA) is 81.4 Å². The van der Waals surface area contributed by atoms with Gasteiger partial charge in [0.15, 0.2) is 5.13 Å². The van der Waals surface area contributed by atoms with E-state index in [4.69, 9.17) is 9.15 Å². The average molecular weight is 423 g/mol. The van der Waals surface area contributed by atoms with Crippen LogP contribution < -0.4 is 5.32 Å². The second kappa shape index (κ2) is 8.28. The van der Waals surface area contributed by atoms with Crippen LogP contribution in [0.25, 0.3) is 21.7 Å². The number of carbonyl (C=O) groups excluding carboxylic acids is 2. The summed E-state index contributed by atoms with van der Waals surface area (Å²) in [5, 5.41) is 6.25. The number of fused-ring (bicyclic) bond motifs is 3. The van der Waals surface area contributed by atoms with Crippen LogP contribution in [0.3, 0.4) is 0 Å². The Morgan fingerprint density at radius 2 is 2.00 bits per heavy atom. The van der Waals surface area contributed by atoms with Gasteiger partial charge in [0.2, 0.25) is 5.91 Å². The van der Waals surface area contributed by atoms with Gasteiger partial charge >= 0.3 is 5.97 Å². The fraction of sp³-hybridized carbons (Fsp3) is 0.261. The molecule has 2 aromatic heterocycles. The zero-order valence-corrected chi connectivity index (χ0v) is 17.8. The van der Waals surface area contributed by atoms with Crippen molar-refractivity contribution in [2.75, 3.05) is 11.9 Å². The molecule has 0 aliphatic heterocycles. The minimum Gasteiger partial charge on any atom is -0.464 e. The van der Waals surface area contributed by atoms with Gasteiger partial charge in [-0.15, -0.1) is 0 Å². The molecule has 0 aliphatic carbocycles. The van der Waals surface area contributed by atoms with Gasteiger partial charge in [-0.3, -0.25) is 4.79 Å². The fourth-order valence-corrected chi connectivity index (χ4v) is 4.16. The summed E-state index contributed by atoms with van der Waals surface area (Å²) in [6, 6.07) is 11.9. The summed E-state index contributed by atoms with van der Waals surface area (Å²) in [5.41, 5.74) is 2.10. The van der Waals surface area contributed by atoms with E-state index >= 15 is 0 Å². The number of carbonyl (C=O) groups is 2. The molecule has 30 heavy (non-hydrogen) atoms. The van der Waals surface area contributed by atoms with Crippen molar-refractivity contribution in [1.29, 1.82) is 0 Å². The van der Waals surface area contributed by atoms with Gasteiger partial charge in [0.1, 0.15) is 10.5 Å². The molecule has 154 valence electrons. The highest BCUT2D eigenvalue weighted by molar-refractivity contribution is 7.17. The van der Waals surface area contributed by atoms with Crippen LogP contribution >= 0.6 is 11.3 Å². The lowest BCUT2D eigenvalue weighted by Crippen LogP contribution is -2.14. The SMILES string of the molecule is Cc1nc(NC(=O)Cc2coc3ccc4ccccc4c23)sc1C(=O)OCC(C)C. The van der Waals surface area contributed by atoms with Crippen molar-refractivity contribution in [2.45, 2.75) is 27.2 Å². The van der Waals surface area contributed by atoms with Crippen LogP contribution in [-0.2, 0) is 16.0 Å². The first kappa shape index (κ1) is 20.1. The fourth-order valence-electron chi connectivity index (χ4n) is 3.29. The Morgan fingerprint density at radius 1 is 1.20 bits per heavy atom. The number of hydrogen-bond acceptors (Lipinski definition) is 6. The maximum Gasteiger partial charge on any atom is 0.350 e. The van der Waals surface area contributed by atoms with Crippen molar-refractivity contribution in [1.82, 2.24) is 4.98 Å². The summed E-state index contributed by atoms with van der Waals surface area (Å²) >= 11 is 1.13. The Hall–Kier alpha value is -3.19. The Bertz CT molecular complexity index is 1240. The maximum absolute atomic E-state index is 12.7. The minimum atomic E-state index is -0.411. The monoisotopic (exact) mass is 422 g/mol. The van der Waals surface area contributed by atoms with Crippen molar-refractivity contribution in [3.8, 4) is 0 Å². The lowest BCUT2D eigenvalue weighted by atomic mass is 10.0. The molecule has 0 atom stereocenters. The second-order valence-corrected chi connectivity index (χ2v) is 8.57. The molecule has 2 heterocycles. The number of thiazole rings is 1. The molecule has 4 rings (SSSR count). The van der Waals surface area contributed by atoms with Gasteiger partial charge in [0.25, 0.3) is 0 Å². The Balaban J connectivity index is 1.51. The first-order valence-corrected chi connectivity index (χ1v) is 10.6. The van der Waals surface area contributed by atoms with Crippen LogP contribution in [-0.4, -0.2) is 23.5 Å². The van der Waals surface area contributed by atoms with Gasteiger partial charge in [-0.2, -0.15) is 0 Å². The molecule has 0 bridgehead atoms. The number of amides is 1. The van der Waals surface area contributed by atoms with Gasteiger partial charge in [0, 0.05) is 10.9 Å². The van der Waals surface area contributed by atoms with E-state index in [0.717, 1.165) is 38.6 Å². The van der Waals surface area contributed by atoms with Gasteiger partial charge in [0.05, 0.1) is 25.0 Å². The molecule has 0 spiro atoms. The summed E-state index contributed by atoms with van der Waals surface area (Å²) in [6.45, 7) is 6.02. The van der Waals surface area contributed by atoms with Crippen LogP contribution in [0.15, 0.2) is 47.1 Å². The molecule has 1 N–H and O–H groups in total. The number of nitrogens with zero attached hydrogens (tertiary/aromatic N) is 1. The first-order chi connectivity index (χ1) is 14.4. The normalized spacial score (nSPS) is 11.3. The smallest absolute Gasteiger partial charge is 0.350 e. The molecule has 0 aliphatic rings. The molecule has 0 radical (unpaired) electrons. The van der Waals surface area contributed by atoms with Crippen LogP contribution in [0.1, 0.15) is 34.8 Å². The van der Waals surface area contributed by atoms with E-state index in [-0.39, 0.29) is 18.2 Å². The number of rotatable bonds is 6. The maximum atomic E-state index is 12.7. The molecule has 0 unspecified atom stereocenters. The average Bonchev–Trinajstić information content (AvgIpc) is 3.29. The number of aryl methyl sites for hydroxylation is 1. The van der Waals surface area contributed by atoms with Crippen molar-refractivity contribution in [2.24, 2.45) is 5.92 Å². The molecule has 1 amide bonds. The van der Waals surface area contributed by atoms with Gasteiger partial charge in [-0.05, 0) is 29.7 Å². The largest absolute Gasteiger partial charge is 0.464 e. The predicted octanol–water partition coefficient (Wildman–Crippen LogP) is 5.34. The molecule has 0 fully saturated rings. The molecule has 4 aromatic rings. The summed E-state index contributed by atoms with van der Waals surface area (Å²) in [5.74, 6) is -0.379. The number of esters is 1. The number of nitrogens with one attached hydrogen (secondary N) is 1. The number of furan rings is 1. The third-order valence-corrected chi connectivity index (χ3v) is 5.72. The molecule has 0 saturated heterocycles. The highest BCUT2D eigenvalue weighted by Crippen LogP contribution is 2.30. The lowest BCUT2D eigenvalue weighted by molar-refractivity contribution is -0.115. The quantitative estimate of drug-likeness (QED) is 0.424. The van der Waals surface area contributed by atoms with E-state index in [1.807, 2.05) is 50.2 Å². The summed E-state index contributed by atoms with van der Waals surface area (Å²) in [6.07, 6.45) is 1.77. The van der Waals surface area contributed by atoms with Crippen molar-refractivity contribution >= 4 is 50.1 Å². The number of benzene rings is 2. The van der Waals surface area contributed by atoms with E-state index in [9.17, 15) is 9.59 Å². The molecule has 7 heteroatoms. The zero-order chi connectivity index (χ0) is 21.3. The third kappa shape index (κ3) is 4.07. The van der Waals surface area contributed by atoms with E-state index in [2.05, 4.69) is 10.3 Å². The highest BCUT2D eigenvalue weighted by Gasteiger charge is 2.19. The first-order valence-electron chi connectivity index (χ1n) is 9.74. The number of ether oxygens (including phenoxy) is 1. The van der Waals surface area contributed by atoms with E-state index in [1.54, 1.807) is 13.2 Å². The Morgan fingerprint density at radius 3 is 2.80 bits per heavy atom. The van der Waals surface area contributed by atoms with E-state index < -0.39 is 5.97 Å². The van der Waals surface area contributed by atoms with Gasteiger partial charge in [-0.1, -0.05) is 55.5 Å². The molecule has 2 aromatic carbocycles. The van der Waals surface area contributed by atoms with Crippen LogP contribution in [0.2, 0.25) is 0 Å². The minimum absolute atomic E-state index is 0.146. The summed E-state index contributed by atoms with van der Waals surface area (Å²) in [4.78, 5) is 29.6. The van der Waals surface area contributed by atoms with Crippen molar-refractivity contribution < 1.29 is 18.7 Å².